The van der Waals surface area contributed by atoms with Gasteiger partial charge in [0, 0.05) is 31.0 Å². The Hall–Kier alpha value is -2.14. The summed E-state index contributed by atoms with van der Waals surface area (Å²) < 4.78 is 99.0. The van der Waals surface area contributed by atoms with Gasteiger partial charge in [-0.25, -0.2) is 17.2 Å². The second-order valence-corrected chi connectivity index (χ2v) is 8.99. The number of aromatic amines is 1. The van der Waals surface area contributed by atoms with Gasteiger partial charge in [0.05, 0.1) is 16.9 Å². The number of halogens is 5. The Kier molecular flexibility index (Phi) is 4.65. The maximum atomic E-state index is 14.1. The molecule has 1 aromatic heterocycles. The molecule has 1 aliphatic heterocycles. The highest BCUT2D eigenvalue weighted by molar-refractivity contribution is 7.92. The third kappa shape index (κ3) is 3.61. The summed E-state index contributed by atoms with van der Waals surface area (Å²) in [5.41, 5.74) is -1.80. The summed E-state index contributed by atoms with van der Waals surface area (Å²) in [6.07, 6.45) is -0.479. The van der Waals surface area contributed by atoms with Crippen molar-refractivity contribution in [1.82, 2.24) is 4.98 Å². The van der Waals surface area contributed by atoms with Crippen molar-refractivity contribution >= 4 is 15.7 Å². The third-order valence-corrected chi connectivity index (χ3v) is 6.88. The molecule has 1 spiro atoms. The first-order chi connectivity index (χ1) is 13.5. The molecule has 1 saturated heterocycles. The number of nitrogens with one attached hydrogen (secondary N) is 2. The number of hydrogen-bond donors (Lipinski definition) is 2. The van der Waals surface area contributed by atoms with Crippen molar-refractivity contribution in [3.8, 4) is 0 Å². The Morgan fingerprint density at radius 1 is 1.14 bits per heavy atom. The van der Waals surface area contributed by atoms with Crippen LogP contribution in [-0.2, 0) is 33.8 Å². The van der Waals surface area contributed by atoms with Crippen molar-refractivity contribution in [1.29, 1.82) is 0 Å². The highest BCUT2D eigenvalue weighted by Gasteiger charge is 2.41. The lowest BCUT2D eigenvalue weighted by molar-refractivity contribution is -0.140. The Bertz CT molecular complexity index is 1060. The van der Waals surface area contributed by atoms with Gasteiger partial charge < -0.3 is 9.72 Å². The van der Waals surface area contributed by atoms with E-state index in [-0.39, 0.29) is 22.6 Å². The molecule has 158 valence electrons. The van der Waals surface area contributed by atoms with Gasteiger partial charge in [-0.05, 0) is 37.3 Å². The minimum absolute atomic E-state index is 0.0685. The number of benzene rings is 1. The van der Waals surface area contributed by atoms with E-state index in [1.807, 2.05) is 4.72 Å². The summed E-state index contributed by atoms with van der Waals surface area (Å²) in [7, 11) is -4.34. The number of alkyl halides is 3. The molecule has 2 N–H and O–H groups in total. The van der Waals surface area contributed by atoms with E-state index in [1.165, 1.54) is 6.20 Å². The van der Waals surface area contributed by atoms with Gasteiger partial charge in [-0.2, -0.15) is 13.2 Å². The fraction of sp³-hybridized carbons (Fsp3) is 0.444. The first kappa shape index (κ1) is 20.1. The third-order valence-electron chi connectivity index (χ3n) is 5.45. The molecule has 1 unspecified atom stereocenters. The van der Waals surface area contributed by atoms with Crippen LogP contribution in [-0.4, -0.2) is 25.6 Å². The Morgan fingerprint density at radius 2 is 1.90 bits per heavy atom. The van der Waals surface area contributed by atoms with Crippen LogP contribution in [0, 0.1) is 11.6 Å². The molecule has 0 amide bonds. The molecule has 2 aromatic rings. The fourth-order valence-electron chi connectivity index (χ4n) is 4.04. The standard InChI is InChI=1S/C18H17F5N2O3S/c19-12-7-14(13(20)6-11(12)18(21,22)23)25-29(26,27)16-9-24-15-8-17(3-1-5-28-17)4-2-10(15)16/h6-7,9,24-25H,1-5,8H2. The van der Waals surface area contributed by atoms with Gasteiger partial charge in [-0.1, -0.05) is 0 Å². The maximum Gasteiger partial charge on any atom is 0.419 e. The number of fused-ring (bicyclic) bond motifs is 1. The van der Waals surface area contributed by atoms with Crippen LogP contribution in [0.25, 0.3) is 0 Å². The van der Waals surface area contributed by atoms with Gasteiger partial charge in [-0.3, -0.25) is 4.72 Å². The zero-order valence-corrected chi connectivity index (χ0v) is 15.8. The quantitative estimate of drug-likeness (QED) is 0.711. The number of anilines is 1. The molecule has 29 heavy (non-hydrogen) atoms. The maximum absolute atomic E-state index is 14.1. The summed E-state index contributed by atoms with van der Waals surface area (Å²) in [6.45, 7) is 0.654. The number of rotatable bonds is 3. The second kappa shape index (κ2) is 6.69. The van der Waals surface area contributed by atoms with Gasteiger partial charge in [0.25, 0.3) is 10.0 Å². The summed E-state index contributed by atoms with van der Waals surface area (Å²) in [4.78, 5) is 2.77. The topological polar surface area (TPSA) is 71.2 Å². The monoisotopic (exact) mass is 436 g/mol. The van der Waals surface area contributed by atoms with Crippen LogP contribution in [0.15, 0.2) is 23.2 Å². The molecular formula is C18H17F5N2O3S. The summed E-state index contributed by atoms with van der Waals surface area (Å²) in [5, 5.41) is 0. The lowest BCUT2D eigenvalue weighted by Gasteiger charge is -2.32. The molecule has 1 fully saturated rings. The van der Waals surface area contributed by atoms with Gasteiger partial charge in [-0.15, -0.1) is 0 Å². The van der Waals surface area contributed by atoms with Crippen LogP contribution in [0.3, 0.4) is 0 Å². The molecule has 4 rings (SSSR count). The normalized spacial score (nSPS) is 22.1. The predicted octanol–water partition coefficient (Wildman–Crippen LogP) is 4.15. The number of H-pyrrole nitrogens is 1. The van der Waals surface area contributed by atoms with E-state index in [0.29, 0.717) is 37.1 Å². The van der Waals surface area contributed by atoms with Crippen molar-refractivity contribution in [3.05, 3.63) is 46.8 Å². The first-order valence-corrected chi connectivity index (χ1v) is 10.4. The zero-order valence-electron chi connectivity index (χ0n) is 15.0. The van der Waals surface area contributed by atoms with Crippen molar-refractivity contribution in [2.24, 2.45) is 0 Å². The summed E-state index contributed by atoms with van der Waals surface area (Å²) >= 11 is 0. The second-order valence-electron chi connectivity index (χ2n) is 7.34. The van der Waals surface area contributed by atoms with E-state index in [1.54, 1.807) is 0 Å². The van der Waals surface area contributed by atoms with Crippen molar-refractivity contribution in [2.75, 3.05) is 11.3 Å². The van der Waals surface area contributed by atoms with Crippen LogP contribution in [0.1, 0.15) is 36.1 Å². The Labute approximate surface area is 163 Å². The molecule has 1 aliphatic carbocycles. The highest BCUT2D eigenvalue weighted by Crippen LogP contribution is 2.40. The smallest absolute Gasteiger partial charge is 0.375 e. The number of ether oxygens (including phenoxy) is 1. The van der Waals surface area contributed by atoms with Gasteiger partial charge >= 0.3 is 6.18 Å². The van der Waals surface area contributed by atoms with E-state index in [4.69, 9.17) is 4.74 Å². The van der Waals surface area contributed by atoms with E-state index in [0.717, 1.165) is 12.8 Å². The molecule has 1 aromatic carbocycles. The number of hydrogen-bond acceptors (Lipinski definition) is 3. The van der Waals surface area contributed by atoms with Gasteiger partial charge in [0.2, 0.25) is 0 Å². The molecule has 0 radical (unpaired) electrons. The number of sulfonamides is 1. The van der Waals surface area contributed by atoms with E-state index in [2.05, 4.69) is 4.98 Å². The van der Waals surface area contributed by atoms with Crippen molar-refractivity contribution < 1.29 is 35.1 Å². The van der Waals surface area contributed by atoms with Crippen LogP contribution in [0.5, 0.6) is 0 Å². The molecule has 2 aliphatic rings. The predicted molar refractivity (Wildman–Crippen MR) is 92.9 cm³/mol. The van der Waals surface area contributed by atoms with Crippen LogP contribution < -0.4 is 4.72 Å². The fourth-order valence-corrected chi connectivity index (χ4v) is 5.36. The van der Waals surface area contributed by atoms with E-state index >= 15 is 0 Å². The van der Waals surface area contributed by atoms with Crippen LogP contribution >= 0.6 is 0 Å². The average molecular weight is 436 g/mol. The molecular weight excluding hydrogens is 419 g/mol. The molecule has 2 heterocycles. The minimum atomic E-state index is -5.10. The summed E-state index contributed by atoms with van der Waals surface area (Å²) in [5.74, 6) is -3.29. The summed E-state index contributed by atoms with van der Waals surface area (Å²) in [6, 6.07) is 0.122. The number of aromatic nitrogens is 1. The molecule has 5 nitrogen and oxygen atoms in total. The SMILES string of the molecule is O=S(=O)(Nc1cc(F)c(C(F)(F)F)cc1F)c1c[nH]c2c1CCC1(CCCO1)C2. The molecule has 1 atom stereocenters. The lowest BCUT2D eigenvalue weighted by Crippen LogP contribution is -2.35. The van der Waals surface area contributed by atoms with E-state index < -0.39 is 39.1 Å². The first-order valence-electron chi connectivity index (χ1n) is 8.93. The van der Waals surface area contributed by atoms with Crippen LogP contribution in [0.4, 0.5) is 27.6 Å². The van der Waals surface area contributed by atoms with Crippen molar-refractivity contribution in [3.63, 3.8) is 0 Å². The average Bonchev–Trinajstić information content (AvgIpc) is 3.24. The highest BCUT2D eigenvalue weighted by atomic mass is 32.2. The van der Waals surface area contributed by atoms with Crippen LogP contribution in [0.2, 0.25) is 0 Å². The largest absolute Gasteiger partial charge is 0.419 e. The van der Waals surface area contributed by atoms with Gasteiger partial charge in [0.1, 0.15) is 16.5 Å². The zero-order chi connectivity index (χ0) is 21.0. The van der Waals surface area contributed by atoms with Crippen molar-refractivity contribution in [2.45, 2.75) is 48.8 Å². The van der Waals surface area contributed by atoms with Gasteiger partial charge in [0.15, 0.2) is 0 Å². The van der Waals surface area contributed by atoms with E-state index in [9.17, 15) is 30.4 Å². The molecule has 0 saturated carbocycles. The molecule has 11 heteroatoms. The Morgan fingerprint density at radius 3 is 2.55 bits per heavy atom. The minimum Gasteiger partial charge on any atom is -0.375 e. The lowest BCUT2D eigenvalue weighted by atomic mass is 9.82. The molecule has 0 bridgehead atoms. The Balaban J connectivity index is 1.63.